The molecule has 1 aliphatic carbocycles. The van der Waals surface area contributed by atoms with Crippen molar-refractivity contribution in [2.45, 2.75) is 49.8 Å². The molecule has 0 saturated carbocycles. The lowest BCUT2D eigenvalue weighted by Gasteiger charge is -2.26. The number of piperidine rings is 1. The summed E-state index contributed by atoms with van der Waals surface area (Å²) in [5, 5.41) is 9.30. The number of carboxylic acid groups (broad SMARTS) is 1. The van der Waals surface area contributed by atoms with Crippen molar-refractivity contribution < 1.29 is 18.3 Å². The summed E-state index contributed by atoms with van der Waals surface area (Å²) in [6.45, 7) is 3.09. The summed E-state index contributed by atoms with van der Waals surface area (Å²) in [6.07, 6.45) is 6.93. The van der Waals surface area contributed by atoms with Crippen LogP contribution in [0.4, 0.5) is 0 Å². The number of rotatable bonds is 6. The van der Waals surface area contributed by atoms with Gasteiger partial charge in [0.15, 0.2) is 0 Å². The second-order valence-corrected chi connectivity index (χ2v) is 8.66. The zero-order chi connectivity index (χ0) is 17.9. The molecule has 0 unspecified atom stereocenters. The molecule has 7 heteroatoms. The van der Waals surface area contributed by atoms with Gasteiger partial charge in [-0.05, 0) is 74.9 Å². The van der Waals surface area contributed by atoms with E-state index in [9.17, 15) is 18.3 Å². The number of carbonyl (C=O) groups is 1. The van der Waals surface area contributed by atoms with Crippen LogP contribution in [0.2, 0.25) is 0 Å². The number of sulfonamides is 1. The molecule has 0 amide bonds. The third-order valence-electron chi connectivity index (χ3n) is 5.13. The third-order valence-corrected chi connectivity index (χ3v) is 6.66. The fraction of sp³-hybridized carbons (Fsp3) is 0.611. The number of fused-ring (bicyclic) bond motifs is 1. The first-order valence-corrected chi connectivity index (χ1v) is 10.6. The molecule has 2 N–H and O–H groups in total. The van der Waals surface area contributed by atoms with Crippen LogP contribution in [0.5, 0.6) is 0 Å². The lowest BCUT2D eigenvalue weighted by atomic mass is 9.90. The van der Waals surface area contributed by atoms with E-state index in [-0.39, 0.29) is 10.5 Å². The molecule has 0 aromatic heterocycles. The summed E-state index contributed by atoms with van der Waals surface area (Å²) in [6, 6.07) is 2.94. The quantitative estimate of drug-likeness (QED) is 0.804. The highest BCUT2D eigenvalue weighted by molar-refractivity contribution is 7.89. The molecule has 0 radical (unpaired) electrons. The number of hydrogen-bond donors (Lipinski definition) is 2. The largest absolute Gasteiger partial charge is 0.478 e. The molecule has 1 aromatic rings. The number of nitrogens with one attached hydrogen (secondary N) is 1. The Hall–Kier alpha value is -1.44. The molecule has 2 aliphatic rings. The summed E-state index contributed by atoms with van der Waals surface area (Å²) >= 11 is 0. The molecule has 6 nitrogen and oxygen atoms in total. The Morgan fingerprint density at radius 3 is 2.52 bits per heavy atom. The lowest BCUT2D eigenvalue weighted by molar-refractivity contribution is 0.0696. The molecular formula is C18H26N2O4S. The summed E-state index contributed by atoms with van der Waals surface area (Å²) in [5.41, 5.74) is 1.71. The number of hydrogen-bond acceptors (Lipinski definition) is 4. The van der Waals surface area contributed by atoms with Gasteiger partial charge >= 0.3 is 5.97 Å². The van der Waals surface area contributed by atoms with Crippen LogP contribution < -0.4 is 4.72 Å². The summed E-state index contributed by atoms with van der Waals surface area (Å²) in [5.74, 6) is -1.09. The van der Waals surface area contributed by atoms with Crippen molar-refractivity contribution in [1.82, 2.24) is 9.62 Å². The van der Waals surface area contributed by atoms with E-state index >= 15 is 0 Å². The third kappa shape index (κ3) is 4.40. The average Bonchev–Trinajstić information content (AvgIpc) is 2.61. The van der Waals surface area contributed by atoms with E-state index in [0.29, 0.717) is 19.5 Å². The van der Waals surface area contributed by atoms with Gasteiger partial charge in [0.05, 0.1) is 10.5 Å². The molecule has 138 valence electrons. The molecule has 3 rings (SSSR count). The maximum absolute atomic E-state index is 12.8. The van der Waals surface area contributed by atoms with Gasteiger partial charge in [-0.25, -0.2) is 17.9 Å². The van der Waals surface area contributed by atoms with Crippen LogP contribution in [0.25, 0.3) is 0 Å². The monoisotopic (exact) mass is 366 g/mol. The van der Waals surface area contributed by atoms with Crippen molar-refractivity contribution in [3.05, 3.63) is 28.8 Å². The van der Waals surface area contributed by atoms with E-state index in [4.69, 9.17) is 0 Å². The molecule has 1 aromatic carbocycles. The normalized spacial score (nSPS) is 18.7. The lowest BCUT2D eigenvalue weighted by Crippen LogP contribution is -2.38. The van der Waals surface area contributed by atoms with Crippen molar-refractivity contribution in [3.63, 3.8) is 0 Å². The number of aromatic carboxylic acids is 1. The van der Waals surface area contributed by atoms with Gasteiger partial charge in [0, 0.05) is 13.1 Å². The van der Waals surface area contributed by atoms with Crippen molar-refractivity contribution >= 4 is 16.0 Å². The Kier molecular flexibility index (Phi) is 5.76. The fourth-order valence-electron chi connectivity index (χ4n) is 3.79. The molecular weight excluding hydrogens is 340 g/mol. The van der Waals surface area contributed by atoms with E-state index in [1.54, 1.807) is 6.07 Å². The van der Waals surface area contributed by atoms with E-state index in [0.717, 1.165) is 43.5 Å². The van der Waals surface area contributed by atoms with Crippen LogP contribution in [0.1, 0.15) is 53.6 Å². The van der Waals surface area contributed by atoms with Crippen molar-refractivity contribution in [3.8, 4) is 0 Å². The Morgan fingerprint density at radius 1 is 1.08 bits per heavy atom. The molecule has 25 heavy (non-hydrogen) atoms. The number of benzene rings is 1. The van der Waals surface area contributed by atoms with E-state index < -0.39 is 16.0 Å². The molecule has 1 saturated heterocycles. The van der Waals surface area contributed by atoms with Crippen LogP contribution in [-0.2, 0) is 22.9 Å². The van der Waals surface area contributed by atoms with Crippen LogP contribution in [0.3, 0.4) is 0 Å². The Bertz CT molecular complexity index is 740. The predicted octanol–water partition coefficient (Wildman–Crippen LogP) is 2.03. The second kappa shape index (κ2) is 7.85. The first-order chi connectivity index (χ1) is 12.0. The zero-order valence-corrected chi connectivity index (χ0v) is 15.3. The summed E-state index contributed by atoms with van der Waals surface area (Å²) in [4.78, 5) is 13.8. The second-order valence-electron chi connectivity index (χ2n) is 6.92. The van der Waals surface area contributed by atoms with Gasteiger partial charge in [0.25, 0.3) is 0 Å². The van der Waals surface area contributed by atoms with Gasteiger partial charge in [0.1, 0.15) is 0 Å². The van der Waals surface area contributed by atoms with Gasteiger partial charge in [-0.3, -0.25) is 0 Å². The van der Waals surface area contributed by atoms with E-state index in [2.05, 4.69) is 9.62 Å². The highest BCUT2D eigenvalue weighted by atomic mass is 32.2. The molecule has 0 spiro atoms. The van der Waals surface area contributed by atoms with Gasteiger partial charge in [-0.2, -0.15) is 0 Å². The average molecular weight is 366 g/mol. The molecule has 1 heterocycles. The molecule has 1 fully saturated rings. The first kappa shape index (κ1) is 18.4. The first-order valence-electron chi connectivity index (χ1n) is 9.08. The predicted molar refractivity (Wildman–Crippen MR) is 95.5 cm³/mol. The number of aryl methyl sites for hydroxylation is 1. The summed E-state index contributed by atoms with van der Waals surface area (Å²) < 4.78 is 28.3. The van der Waals surface area contributed by atoms with Gasteiger partial charge in [-0.15, -0.1) is 0 Å². The Balaban J connectivity index is 1.78. The number of likely N-dealkylation sites (tertiary alicyclic amines) is 1. The highest BCUT2D eigenvalue weighted by Crippen LogP contribution is 2.29. The Labute approximate surface area is 149 Å². The van der Waals surface area contributed by atoms with Crippen LogP contribution >= 0.6 is 0 Å². The van der Waals surface area contributed by atoms with Gasteiger partial charge in [0.2, 0.25) is 10.0 Å². The molecule has 0 atom stereocenters. The van der Waals surface area contributed by atoms with E-state index in [1.807, 2.05) is 0 Å². The van der Waals surface area contributed by atoms with Gasteiger partial charge < -0.3 is 10.0 Å². The maximum Gasteiger partial charge on any atom is 0.335 e. The minimum absolute atomic E-state index is 0.0528. The molecule has 0 bridgehead atoms. The van der Waals surface area contributed by atoms with Crippen molar-refractivity contribution in [1.29, 1.82) is 0 Å². The fourth-order valence-corrected chi connectivity index (χ4v) is 5.14. The van der Waals surface area contributed by atoms with Crippen LogP contribution in [0.15, 0.2) is 17.0 Å². The van der Waals surface area contributed by atoms with E-state index in [1.165, 1.54) is 25.3 Å². The number of carboxylic acids is 1. The van der Waals surface area contributed by atoms with Crippen molar-refractivity contribution in [2.75, 3.05) is 26.2 Å². The van der Waals surface area contributed by atoms with Crippen LogP contribution in [0, 0.1) is 0 Å². The topological polar surface area (TPSA) is 86.7 Å². The SMILES string of the molecule is O=C(O)c1cc2c(c(S(=O)(=O)NCCN3CCCCC3)c1)CCCC2. The highest BCUT2D eigenvalue weighted by Gasteiger charge is 2.25. The standard InChI is InChI=1S/C18H26N2O4S/c21-18(22)15-12-14-6-2-3-7-16(14)17(13-15)25(23,24)19-8-11-20-9-4-1-5-10-20/h12-13,19H,1-11H2,(H,21,22). The minimum atomic E-state index is -3.70. The van der Waals surface area contributed by atoms with Crippen molar-refractivity contribution in [2.24, 2.45) is 0 Å². The Morgan fingerprint density at radius 2 is 1.80 bits per heavy atom. The number of nitrogens with zero attached hydrogens (tertiary/aromatic N) is 1. The summed E-state index contributed by atoms with van der Waals surface area (Å²) in [7, 11) is -3.70. The zero-order valence-electron chi connectivity index (χ0n) is 14.5. The minimum Gasteiger partial charge on any atom is -0.478 e. The van der Waals surface area contributed by atoms with Crippen LogP contribution in [-0.4, -0.2) is 50.6 Å². The molecule has 1 aliphatic heterocycles. The van der Waals surface area contributed by atoms with Gasteiger partial charge in [-0.1, -0.05) is 6.42 Å². The maximum atomic E-state index is 12.8. The smallest absolute Gasteiger partial charge is 0.335 e.